The largest absolute Gasteiger partial charge is 0.489 e. The molecule has 6 nitrogen and oxygen atoms in total. The molecule has 1 aliphatic rings. The predicted molar refractivity (Wildman–Crippen MR) is 119 cm³/mol. The van der Waals surface area contributed by atoms with Gasteiger partial charge >= 0.3 is 0 Å². The summed E-state index contributed by atoms with van der Waals surface area (Å²) in [5.74, 6) is 0.161. The number of aryl methyl sites for hydroxylation is 2. The number of carbonyl (C=O) groups is 1. The number of rotatable bonds is 8. The summed E-state index contributed by atoms with van der Waals surface area (Å²) in [4.78, 5) is 13.1. The van der Waals surface area contributed by atoms with Gasteiger partial charge in [-0.25, -0.2) is 8.42 Å². The number of benzene rings is 2. The van der Waals surface area contributed by atoms with Crippen LogP contribution in [0.5, 0.6) is 5.75 Å². The third-order valence-electron chi connectivity index (χ3n) is 5.27. The van der Waals surface area contributed by atoms with Crippen LogP contribution in [0.25, 0.3) is 0 Å². The lowest BCUT2D eigenvalue weighted by Crippen LogP contribution is -2.30. The van der Waals surface area contributed by atoms with Crippen molar-refractivity contribution in [1.82, 2.24) is 4.31 Å². The summed E-state index contributed by atoms with van der Waals surface area (Å²) in [5.41, 5.74) is 3.41. The van der Waals surface area contributed by atoms with Crippen molar-refractivity contribution in [3.63, 3.8) is 0 Å². The normalized spacial score (nSPS) is 13.5. The number of nitrogens with one attached hydrogen (secondary N) is 1. The number of ether oxygens (including phenoxy) is 1. The lowest BCUT2D eigenvalue weighted by atomic mass is 10.1. The molecule has 1 amide bonds. The minimum Gasteiger partial charge on any atom is -0.489 e. The number of fused-ring (bicyclic) bond motifs is 1. The molecule has 3 rings (SSSR count). The van der Waals surface area contributed by atoms with Crippen LogP contribution < -0.4 is 10.1 Å². The number of nitrogens with zero attached hydrogens (tertiary/aromatic N) is 1. The van der Waals surface area contributed by atoms with Crippen molar-refractivity contribution in [3.05, 3.63) is 53.1 Å². The molecule has 0 heterocycles. The highest BCUT2D eigenvalue weighted by molar-refractivity contribution is 7.89. The maximum absolute atomic E-state index is 12.9. The van der Waals surface area contributed by atoms with Gasteiger partial charge in [0.1, 0.15) is 5.75 Å². The highest BCUT2D eigenvalue weighted by Crippen LogP contribution is 2.31. The van der Waals surface area contributed by atoms with E-state index in [1.54, 1.807) is 19.9 Å². The van der Waals surface area contributed by atoms with Crippen LogP contribution >= 0.6 is 0 Å². The number of hydrogen-bond donors (Lipinski definition) is 1. The van der Waals surface area contributed by atoms with Crippen LogP contribution in [0.15, 0.2) is 41.3 Å². The van der Waals surface area contributed by atoms with E-state index in [0.29, 0.717) is 30.1 Å². The molecule has 7 heteroatoms. The van der Waals surface area contributed by atoms with Gasteiger partial charge in [-0.3, -0.25) is 4.79 Å². The van der Waals surface area contributed by atoms with Crippen LogP contribution in [0.1, 0.15) is 55.6 Å². The van der Waals surface area contributed by atoms with Gasteiger partial charge in [-0.1, -0.05) is 19.9 Å². The Morgan fingerprint density at radius 3 is 2.43 bits per heavy atom. The van der Waals surface area contributed by atoms with Crippen molar-refractivity contribution < 1.29 is 17.9 Å². The quantitative estimate of drug-likeness (QED) is 0.679. The van der Waals surface area contributed by atoms with Crippen molar-refractivity contribution in [2.24, 2.45) is 0 Å². The van der Waals surface area contributed by atoms with Crippen molar-refractivity contribution in [2.45, 2.75) is 58.0 Å². The van der Waals surface area contributed by atoms with Crippen molar-refractivity contribution in [1.29, 1.82) is 0 Å². The van der Waals surface area contributed by atoms with Gasteiger partial charge in [-0.15, -0.1) is 0 Å². The van der Waals surface area contributed by atoms with Gasteiger partial charge < -0.3 is 10.1 Å². The number of sulfonamides is 1. The molecule has 0 aromatic heterocycles. The lowest BCUT2D eigenvalue weighted by molar-refractivity contribution is 0.102. The molecule has 0 saturated carbocycles. The van der Waals surface area contributed by atoms with Crippen molar-refractivity contribution in [2.75, 3.05) is 18.4 Å². The molecule has 0 atom stereocenters. The zero-order valence-electron chi connectivity index (χ0n) is 18.1. The Hall–Kier alpha value is -2.38. The van der Waals surface area contributed by atoms with E-state index in [1.165, 1.54) is 27.6 Å². The molecule has 0 fully saturated rings. The second-order valence-corrected chi connectivity index (χ2v) is 9.64. The fraction of sp³-hybridized carbons (Fsp3) is 0.435. The summed E-state index contributed by atoms with van der Waals surface area (Å²) >= 11 is 0. The predicted octanol–water partition coefficient (Wildman–Crippen LogP) is 4.25. The first-order valence-electron chi connectivity index (χ1n) is 10.5. The SMILES string of the molecule is CCN(CC)S(=O)(=O)c1ccc(OC(C)C)c(NC(=O)c2ccc3c(c2)CCC3)c1. The minimum atomic E-state index is -3.65. The summed E-state index contributed by atoms with van der Waals surface area (Å²) < 4.78 is 33.1. The topological polar surface area (TPSA) is 75.7 Å². The summed E-state index contributed by atoms with van der Waals surface area (Å²) in [6, 6.07) is 10.4. The molecule has 0 spiro atoms. The maximum Gasteiger partial charge on any atom is 0.255 e. The maximum atomic E-state index is 12.9. The summed E-state index contributed by atoms with van der Waals surface area (Å²) in [7, 11) is -3.65. The molecule has 0 bridgehead atoms. The molecule has 0 radical (unpaired) electrons. The van der Waals surface area contributed by atoms with Gasteiger partial charge in [0.15, 0.2) is 0 Å². The Balaban J connectivity index is 1.95. The Labute approximate surface area is 179 Å². The Morgan fingerprint density at radius 1 is 1.07 bits per heavy atom. The molecule has 30 heavy (non-hydrogen) atoms. The molecule has 1 aliphatic carbocycles. The first-order valence-corrected chi connectivity index (χ1v) is 11.9. The van der Waals surface area contributed by atoms with E-state index in [0.717, 1.165) is 19.3 Å². The molecular formula is C23H30N2O4S. The van der Waals surface area contributed by atoms with Crippen LogP contribution in [0, 0.1) is 0 Å². The molecule has 1 N–H and O–H groups in total. The van der Waals surface area contributed by atoms with Crippen LogP contribution in [0.4, 0.5) is 5.69 Å². The number of amides is 1. The van der Waals surface area contributed by atoms with E-state index in [1.807, 2.05) is 32.0 Å². The van der Waals surface area contributed by atoms with Crippen molar-refractivity contribution >= 4 is 21.6 Å². The molecule has 162 valence electrons. The first kappa shape index (κ1) is 22.3. The fourth-order valence-electron chi connectivity index (χ4n) is 3.74. The Kier molecular flexibility index (Phi) is 6.83. The first-order chi connectivity index (χ1) is 14.3. The number of carbonyl (C=O) groups excluding carboxylic acids is 1. The Bertz CT molecular complexity index is 1030. The van der Waals surface area contributed by atoms with Crippen LogP contribution in [-0.2, 0) is 22.9 Å². The van der Waals surface area contributed by atoms with Crippen LogP contribution in [0.3, 0.4) is 0 Å². The van der Waals surface area contributed by atoms with E-state index in [2.05, 4.69) is 5.32 Å². The summed E-state index contributed by atoms with van der Waals surface area (Å²) in [6.45, 7) is 8.11. The molecule has 2 aromatic rings. The third kappa shape index (κ3) is 4.68. The van der Waals surface area contributed by atoms with E-state index in [4.69, 9.17) is 4.74 Å². The smallest absolute Gasteiger partial charge is 0.255 e. The third-order valence-corrected chi connectivity index (χ3v) is 7.31. The van der Waals surface area contributed by atoms with Gasteiger partial charge in [0.25, 0.3) is 5.91 Å². The van der Waals surface area contributed by atoms with Gasteiger partial charge in [-0.2, -0.15) is 4.31 Å². The molecule has 2 aromatic carbocycles. The van der Waals surface area contributed by atoms with E-state index < -0.39 is 10.0 Å². The van der Waals surface area contributed by atoms with Crippen LogP contribution in [0.2, 0.25) is 0 Å². The second kappa shape index (κ2) is 9.18. The second-order valence-electron chi connectivity index (χ2n) is 7.71. The molecular weight excluding hydrogens is 400 g/mol. The lowest BCUT2D eigenvalue weighted by Gasteiger charge is -2.20. The number of hydrogen-bond acceptors (Lipinski definition) is 4. The molecule has 0 saturated heterocycles. The van der Waals surface area contributed by atoms with E-state index >= 15 is 0 Å². The zero-order chi connectivity index (χ0) is 21.9. The van der Waals surface area contributed by atoms with Gasteiger partial charge in [-0.05, 0) is 74.6 Å². The van der Waals surface area contributed by atoms with Gasteiger partial charge in [0.2, 0.25) is 10.0 Å². The van der Waals surface area contributed by atoms with E-state index in [9.17, 15) is 13.2 Å². The highest BCUT2D eigenvalue weighted by Gasteiger charge is 2.24. The van der Waals surface area contributed by atoms with Gasteiger partial charge in [0, 0.05) is 18.7 Å². The summed E-state index contributed by atoms with van der Waals surface area (Å²) in [6.07, 6.45) is 3.02. The average molecular weight is 431 g/mol. The monoisotopic (exact) mass is 430 g/mol. The van der Waals surface area contributed by atoms with Crippen molar-refractivity contribution in [3.8, 4) is 5.75 Å². The van der Waals surface area contributed by atoms with Crippen LogP contribution in [-0.4, -0.2) is 37.8 Å². The summed E-state index contributed by atoms with van der Waals surface area (Å²) in [5, 5.41) is 2.86. The molecule has 0 aliphatic heterocycles. The zero-order valence-corrected chi connectivity index (χ0v) is 18.9. The standard InChI is InChI=1S/C23H30N2O4S/c1-5-25(6-2)30(27,28)20-12-13-22(29-16(3)4)21(15-20)24-23(26)19-11-10-17-8-7-9-18(17)14-19/h10-16H,5-9H2,1-4H3,(H,24,26). The fourth-order valence-corrected chi connectivity index (χ4v) is 5.23. The average Bonchev–Trinajstić information content (AvgIpc) is 3.17. The van der Waals surface area contributed by atoms with E-state index in [-0.39, 0.29) is 16.9 Å². The highest BCUT2D eigenvalue weighted by atomic mass is 32.2. The molecule has 0 unspecified atom stereocenters. The number of anilines is 1. The Morgan fingerprint density at radius 2 is 1.77 bits per heavy atom. The minimum absolute atomic E-state index is 0.120. The van der Waals surface area contributed by atoms with Gasteiger partial charge in [0.05, 0.1) is 16.7 Å².